The van der Waals surface area contributed by atoms with Crippen molar-refractivity contribution < 1.29 is 23.1 Å². The topological polar surface area (TPSA) is 78.0 Å². The van der Waals surface area contributed by atoms with Crippen molar-refractivity contribution in [2.75, 3.05) is 5.32 Å². The summed E-state index contributed by atoms with van der Waals surface area (Å²) in [5.41, 5.74) is 1.08. The number of anilines is 1. The maximum Gasteiger partial charge on any atom is 0.418 e. The number of aromatic nitrogens is 2. The maximum atomic E-state index is 13.0. The average Bonchev–Trinajstić information content (AvgIpc) is 3.03. The van der Waals surface area contributed by atoms with E-state index in [1.165, 1.54) is 24.3 Å². The fourth-order valence-electron chi connectivity index (χ4n) is 2.87. The molecule has 0 atom stereocenters. The lowest BCUT2D eigenvalue weighted by atomic mass is 10.0. The Bertz CT molecular complexity index is 986. The first kappa shape index (κ1) is 18.5. The number of aromatic hydroxyl groups is 1. The summed E-state index contributed by atoms with van der Waals surface area (Å²) in [6.07, 6.45) is -4.59. The number of para-hydroxylation sites is 1. The Morgan fingerprint density at radius 1 is 1.15 bits per heavy atom. The Kier molecular flexibility index (Phi) is 4.65. The number of benzene rings is 2. The molecule has 2 aromatic carbocycles. The molecule has 27 heavy (non-hydrogen) atoms. The number of alkyl halides is 3. The first-order valence-corrected chi connectivity index (χ1v) is 8.00. The molecule has 0 fully saturated rings. The zero-order chi connectivity index (χ0) is 19.8. The number of halogens is 3. The summed E-state index contributed by atoms with van der Waals surface area (Å²) >= 11 is 0. The lowest BCUT2D eigenvalue weighted by Gasteiger charge is -2.12. The average molecular weight is 375 g/mol. The van der Waals surface area contributed by atoms with Crippen LogP contribution < -0.4 is 5.32 Å². The molecule has 1 aromatic heterocycles. The van der Waals surface area contributed by atoms with Gasteiger partial charge in [-0.2, -0.15) is 18.3 Å². The van der Waals surface area contributed by atoms with Crippen LogP contribution in [0.2, 0.25) is 0 Å². The fraction of sp³-hybridized carbons (Fsp3) is 0.158. The molecule has 0 aliphatic rings. The molecule has 0 saturated heterocycles. The van der Waals surface area contributed by atoms with Gasteiger partial charge in [-0.3, -0.25) is 9.89 Å². The molecule has 0 aliphatic carbocycles. The van der Waals surface area contributed by atoms with E-state index < -0.39 is 17.6 Å². The van der Waals surface area contributed by atoms with Gasteiger partial charge >= 0.3 is 6.18 Å². The van der Waals surface area contributed by atoms with Gasteiger partial charge in [0.25, 0.3) is 5.91 Å². The second-order valence-electron chi connectivity index (χ2n) is 6.14. The van der Waals surface area contributed by atoms with E-state index in [0.29, 0.717) is 11.3 Å². The third-order valence-electron chi connectivity index (χ3n) is 4.02. The van der Waals surface area contributed by atoms with Gasteiger partial charge in [0, 0.05) is 5.56 Å². The highest BCUT2D eigenvalue weighted by molar-refractivity contribution is 6.04. The molecule has 8 heteroatoms. The van der Waals surface area contributed by atoms with Gasteiger partial charge in [-0.1, -0.05) is 18.2 Å². The van der Waals surface area contributed by atoms with Crippen molar-refractivity contribution in [1.29, 1.82) is 0 Å². The van der Waals surface area contributed by atoms with E-state index in [4.69, 9.17) is 0 Å². The summed E-state index contributed by atoms with van der Waals surface area (Å²) in [5, 5.41) is 18.9. The quantitative estimate of drug-likeness (QED) is 0.622. The predicted octanol–water partition coefficient (Wildman–Crippen LogP) is 4.67. The van der Waals surface area contributed by atoms with Crippen LogP contribution >= 0.6 is 0 Å². The Morgan fingerprint density at radius 3 is 2.52 bits per heavy atom. The number of hydrogen-bond acceptors (Lipinski definition) is 3. The van der Waals surface area contributed by atoms with E-state index in [2.05, 4.69) is 15.5 Å². The normalized spacial score (nSPS) is 11.4. The number of nitrogens with zero attached hydrogens (tertiary/aromatic N) is 1. The molecule has 0 aliphatic heterocycles. The second-order valence-corrected chi connectivity index (χ2v) is 6.14. The number of H-pyrrole nitrogens is 1. The van der Waals surface area contributed by atoms with Crippen molar-refractivity contribution in [2.24, 2.45) is 0 Å². The minimum atomic E-state index is -4.59. The largest absolute Gasteiger partial charge is 0.507 e. The van der Waals surface area contributed by atoms with E-state index in [0.717, 1.165) is 17.2 Å². The van der Waals surface area contributed by atoms with Crippen LogP contribution in [0.4, 0.5) is 18.9 Å². The van der Waals surface area contributed by atoms with Gasteiger partial charge in [0.05, 0.1) is 16.9 Å². The lowest BCUT2D eigenvalue weighted by molar-refractivity contribution is -0.136. The summed E-state index contributed by atoms with van der Waals surface area (Å²) in [7, 11) is 0. The predicted molar refractivity (Wildman–Crippen MR) is 94.6 cm³/mol. The SMILES string of the molecule is Cc1cc(C)c(-c2cc(C(=O)Nc3ccccc3C(F)(F)F)[nH]n2)c(O)c1. The fourth-order valence-corrected chi connectivity index (χ4v) is 2.87. The van der Waals surface area contributed by atoms with Crippen molar-refractivity contribution in [3.8, 4) is 17.0 Å². The standard InChI is InChI=1S/C19H16F3N3O2/c1-10-7-11(2)17(16(26)8-10)14-9-15(25-24-14)18(27)23-13-6-4-3-5-12(13)19(20,21)22/h3-9,26H,1-2H3,(H,23,27)(H,24,25). The highest BCUT2D eigenvalue weighted by Crippen LogP contribution is 2.35. The van der Waals surface area contributed by atoms with Crippen LogP contribution in [0.1, 0.15) is 27.2 Å². The van der Waals surface area contributed by atoms with Gasteiger partial charge in [-0.05, 0) is 49.2 Å². The molecule has 0 saturated carbocycles. The zero-order valence-electron chi connectivity index (χ0n) is 14.5. The number of nitrogens with one attached hydrogen (secondary N) is 2. The van der Waals surface area contributed by atoms with E-state index in [1.54, 1.807) is 13.0 Å². The zero-order valence-corrected chi connectivity index (χ0v) is 14.5. The van der Waals surface area contributed by atoms with Crippen LogP contribution in [0.5, 0.6) is 5.75 Å². The number of carbonyl (C=O) groups is 1. The minimum Gasteiger partial charge on any atom is -0.507 e. The molecule has 0 unspecified atom stereocenters. The van der Waals surface area contributed by atoms with Crippen LogP contribution in [-0.2, 0) is 6.18 Å². The number of aromatic amines is 1. The van der Waals surface area contributed by atoms with Crippen LogP contribution in [0.25, 0.3) is 11.3 Å². The monoisotopic (exact) mass is 375 g/mol. The van der Waals surface area contributed by atoms with E-state index >= 15 is 0 Å². The first-order valence-electron chi connectivity index (χ1n) is 8.00. The van der Waals surface area contributed by atoms with Gasteiger partial charge in [0.2, 0.25) is 0 Å². The van der Waals surface area contributed by atoms with Crippen molar-refractivity contribution in [1.82, 2.24) is 10.2 Å². The molecular weight excluding hydrogens is 359 g/mol. The first-order chi connectivity index (χ1) is 12.7. The van der Waals surface area contributed by atoms with Crippen molar-refractivity contribution >= 4 is 11.6 Å². The number of amides is 1. The highest BCUT2D eigenvalue weighted by Gasteiger charge is 2.33. The smallest absolute Gasteiger partial charge is 0.418 e. The Balaban J connectivity index is 1.90. The summed E-state index contributed by atoms with van der Waals surface area (Å²) in [5.74, 6) is -0.761. The lowest BCUT2D eigenvalue weighted by Crippen LogP contribution is -2.16. The number of phenolic OH excluding ortho intramolecular Hbond substituents is 1. The van der Waals surface area contributed by atoms with Crippen LogP contribution in [-0.4, -0.2) is 21.2 Å². The summed E-state index contributed by atoms with van der Waals surface area (Å²) < 4.78 is 39.1. The molecule has 1 amide bonds. The summed E-state index contributed by atoms with van der Waals surface area (Å²) in [4.78, 5) is 12.3. The number of carbonyl (C=O) groups excluding carboxylic acids is 1. The van der Waals surface area contributed by atoms with Crippen LogP contribution in [0.15, 0.2) is 42.5 Å². The molecular formula is C19H16F3N3O2. The Hall–Kier alpha value is -3.29. The molecule has 5 nitrogen and oxygen atoms in total. The summed E-state index contributed by atoms with van der Waals surface area (Å²) in [6, 6.07) is 9.50. The molecule has 3 rings (SSSR count). The molecule has 0 bridgehead atoms. The number of rotatable bonds is 3. The van der Waals surface area contributed by atoms with E-state index in [9.17, 15) is 23.1 Å². The highest BCUT2D eigenvalue weighted by atomic mass is 19.4. The third kappa shape index (κ3) is 3.79. The maximum absolute atomic E-state index is 13.0. The minimum absolute atomic E-state index is 0.00775. The molecule has 0 radical (unpaired) electrons. The summed E-state index contributed by atoms with van der Waals surface area (Å²) in [6.45, 7) is 3.62. The van der Waals surface area contributed by atoms with Crippen molar-refractivity contribution in [2.45, 2.75) is 20.0 Å². The molecule has 140 valence electrons. The van der Waals surface area contributed by atoms with E-state index in [-0.39, 0.29) is 17.1 Å². The van der Waals surface area contributed by atoms with Crippen LogP contribution in [0.3, 0.4) is 0 Å². The van der Waals surface area contributed by atoms with Gasteiger partial charge in [-0.25, -0.2) is 0 Å². The number of hydrogen-bond donors (Lipinski definition) is 3. The van der Waals surface area contributed by atoms with Crippen molar-refractivity contribution in [3.63, 3.8) is 0 Å². The molecule has 0 spiro atoms. The Labute approximate surface area is 152 Å². The molecule has 3 N–H and O–H groups in total. The van der Waals surface area contributed by atoms with Crippen LogP contribution in [0, 0.1) is 13.8 Å². The Morgan fingerprint density at radius 2 is 1.85 bits per heavy atom. The molecule has 3 aromatic rings. The van der Waals surface area contributed by atoms with Gasteiger partial charge in [-0.15, -0.1) is 0 Å². The van der Waals surface area contributed by atoms with Gasteiger partial charge < -0.3 is 10.4 Å². The van der Waals surface area contributed by atoms with Gasteiger partial charge in [0.1, 0.15) is 11.4 Å². The third-order valence-corrected chi connectivity index (χ3v) is 4.02. The number of aryl methyl sites for hydroxylation is 2. The second kappa shape index (κ2) is 6.79. The molecule has 1 heterocycles. The number of phenols is 1. The van der Waals surface area contributed by atoms with E-state index in [1.807, 2.05) is 13.0 Å². The van der Waals surface area contributed by atoms with Gasteiger partial charge in [0.15, 0.2) is 0 Å². The van der Waals surface area contributed by atoms with Crippen molar-refractivity contribution in [3.05, 3.63) is 64.8 Å².